The fourth-order valence-corrected chi connectivity index (χ4v) is 9.43. The van der Waals surface area contributed by atoms with E-state index in [0.717, 1.165) is 23.4 Å². The normalized spacial score (nSPS) is 11.7. The van der Waals surface area contributed by atoms with E-state index in [1.165, 1.54) is 88.8 Å². The van der Waals surface area contributed by atoms with Crippen molar-refractivity contribution in [3.8, 4) is 17.3 Å². The van der Waals surface area contributed by atoms with Crippen LogP contribution in [0, 0.1) is 18.3 Å². The Morgan fingerprint density at radius 2 is 1.12 bits per heavy atom. The van der Waals surface area contributed by atoms with Crippen LogP contribution in [0.2, 0.25) is 0 Å². The third kappa shape index (κ3) is 11.7. The number of rotatable bonds is 9. The quantitative estimate of drug-likeness (QED) is 0.0520. The molecular formula is C42H37N9O12S5. The van der Waals surface area contributed by atoms with Gasteiger partial charge in [-0.1, -0.05) is 59.9 Å². The maximum absolute atomic E-state index is 11.2. The predicted octanol–water partition coefficient (Wildman–Crippen LogP) is 6.87. The lowest BCUT2D eigenvalue weighted by Crippen LogP contribution is -2.08. The third-order valence-corrected chi connectivity index (χ3v) is 13.9. The number of nitrogen functional groups attached to an aromatic ring is 4. The standard InChI is InChI=1S/C19H17N5O6S2.C13H11N3S.C10H9NO6S2/c1-11-16(10-20)18(22-12-2-6-14(7-3-12)31(25,26)27)24-19(17(11)21)23-13-4-8-15(9-5-13)32(28,29)30;14-12-11(16-13(15)17-12)10-6-5-8-3-1-2-4-9(8)7-10;11-6-4-8-7(10(5-6)19(15,16)17)2-1-3-9(8)18(12,13)14/h2-9H,21H2,1H3,(H2,22,23,24)(H,25,26,27)(H,28,29,30);1-7H,14H2,(H2,15,16);1-5H,11H2,(H,12,13,14)(H,15,16,17). The molecule has 26 heteroatoms. The van der Waals surface area contributed by atoms with Crippen molar-refractivity contribution in [1.29, 1.82) is 5.26 Å². The van der Waals surface area contributed by atoms with Crippen molar-refractivity contribution in [2.45, 2.75) is 26.5 Å². The summed E-state index contributed by atoms with van der Waals surface area (Å²) in [6.07, 6.45) is 0. The molecule has 2 aromatic heterocycles. The van der Waals surface area contributed by atoms with Gasteiger partial charge in [0.2, 0.25) is 0 Å². The lowest BCUT2D eigenvalue weighted by Gasteiger charge is -2.16. The Bertz CT molecular complexity index is 3760. The first-order valence-corrected chi connectivity index (χ1v) is 25.5. The molecule has 8 aromatic rings. The van der Waals surface area contributed by atoms with E-state index in [4.69, 9.17) is 41.1 Å². The minimum atomic E-state index is -4.57. The number of nitrogens with one attached hydrogen (secondary N) is 2. The minimum Gasteiger partial charge on any atom is -0.399 e. The third-order valence-electron chi connectivity index (χ3n) is 9.63. The van der Waals surface area contributed by atoms with Crippen LogP contribution in [-0.4, -0.2) is 61.9 Å². The highest BCUT2D eigenvalue weighted by molar-refractivity contribution is 7.86. The van der Waals surface area contributed by atoms with E-state index in [0.29, 0.717) is 27.1 Å². The average molecular weight is 1020 g/mol. The number of anilines is 8. The molecule has 21 nitrogen and oxygen atoms in total. The zero-order chi connectivity index (χ0) is 49.9. The number of pyridine rings is 1. The zero-order valence-electron chi connectivity index (χ0n) is 34.8. The second kappa shape index (κ2) is 19.4. The number of fused-ring (bicyclic) bond motifs is 2. The second-order valence-electron chi connectivity index (χ2n) is 14.2. The summed E-state index contributed by atoms with van der Waals surface area (Å²) in [7, 11) is -17.8. The van der Waals surface area contributed by atoms with E-state index in [2.05, 4.69) is 44.9 Å². The summed E-state index contributed by atoms with van der Waals surface area (Å²) in [4.78, 5) is 7.01. The second-order valence-corrected chi connectivity index (χ2v) is 20.9. The molecule has 68 heavy (non-hydrogen) atoms. The predicted molar refractivity (Wildman–Crippen MR) is 259 cm³/mol. The molecule has 0 aliphatic rings. The van der Waals surface area contributed by atoms with Gasteiger partial charge in [0.1, 0.15) is 26.6 Å². The van der Waals surface area contributed by atoms with E-state index >= 15 is 0 Å². The molecule has 0 fully saturated rings. The summed E-state index contributed by atoms with van der Waals surface area (Å²) in [5.74, 6) is 0.314. The molecule has 0 amide bonds. The summed E-state index contributed by atoms with van der Waals surface area (Å²) >= 11 is 1.31. The van der Waals surface area contributed by atoms with Crippen LogP contribution in [0.5, 0.6) is 0 Å². The van der Waals surface area contributed by atoms with Crippen molar-refractivity contribution in [1.82, 2.24) is 9.97 Å². The Kier molecular flexibility index (Phi) is 14.3. The summed E-state index contributed by atoms with van der Waals surface area (Å²) in [5, 5.41) is 18.8. The Hall–Kier alpha value is -7.45. The number of benzene rings is 6. The smallest absolute Gasteiger partial charge is 0.295 e. The van der Waals surface area contributed by atoms with Gasteiger partial charge >= 0.3 is 0 Å². The molecule has 0 bridgehead atoms. The number of aromatic nitrogens is 2. The van der Waals surface area contributed by atoms with Crippen molar-refractivity contribution in [3.05, 3.63) is 132 Å². The largest absolute Gasteiger partial charge is 0.399 e. The van der Waals surface area contributed by atoms with Crippen molar-refractivity contribution in [2.24, 2.45) is 0 Å². The van der Waals surface area contributed by atoms with Gasteiger partial charge < -0.3 is 33.6 Å². The molecule has 14 N–H and O–H groups in total. The van der Waals surface area contributed by atoms with Crippen molar-refractivity contribution in [3.63, 3.8) is 0 Å². The van der Waals surface area contributed by atoms with E-state index < -0.39 is 50.3 Å². The number of thiazole rings is 1. The van der Waals surface area contributed by atoms with Crippen LogP contribution in [-0.2, 0) is 40.5 Å². The molecule has 6 aromatic carbocycles. The topological polar surface area (TPSA) is 395 Å². The first kappa shape index (κ1) is 50.0. The van der Waals surface area contributed by atoms with Crippen molar-refractivity contribution >= 4 is 118 Å². The summed E-state index contributed by atoms with van der Waals surface area (Å²) < 4.78 is 126. The first-order valence-electron chi connectivity index (χ1n) is 18.9. The Morgan fingerprint density at radius 3 is 1.62 bits per heavy atom. The van der Waals surface area contributed by atoms with Crippen LogP contribution < -0.4 is 33.6 Å². The van der Waals surface area contributed by atoms with Crippen LogP contribution in [0.25, 0.3) is 32.8 Å². The maximum atomic E-state index is 11.2. The molecule has 0 atom stereocenters. The molecule has 0 aliphatic carbocycles. The highest BCUT2D eigenvalue weighted by Gasteiger charge is 2.21. The van der Waals surface area contributed by atoms with Crippen LogP contribution in [0.4, 0.5) is 44.5 Å². The summed E-state index contributed by atoms with van der Waals surface area (Å²) in [6, 6.07) is 32.6. The molecule has 0 radical (unpaired) electrons. The zero-order valence-corrected chi connectivity index (χ0v) is 38.9. The van der Waals surface area contributed by atoms with Gasteiger partial charge in [-0.15, -0.1) is 0 Å². The number of nitrogens with zero attached hydrogens (tertiary/aromatic N) is 3. The van der Waals surface area contributed by atoms with E-state index in [1.807, 2.05) is 24.3 Å². The lowest BCUT2D eigenvalue weighted by atomic mass is 10.1. The highest BCUT2D eigenvalue weighted by atomic mass is 32.2. The Balaban J connectivity index is 0.000000180. The van der Waals surface area contributed by atoms with Gasteiger partial charge in [0.05, 0.1) is 21.0 Å². The van der Waals surface area contributed by atoms with Crippen molar-refractivity contribution in [2.75, 3.05) is 33.6 Å². The number of nitriles is 1. The van der Waals surface area contributed by atoms with Crippen LogP contribution in [0.15, 0.2) is 141 Å². The van der Waals surface area contributed by atoms with Gasteiger partial charge in [-0.3, -0.25) is 18.2 Å². The van der Waals surface area contributed by atoms with E-state index in [-0.39, 0.29) is 49.1 Å². The number of nitrogens with two attached hydrogens (primary N) is 4. The minimum absolute atomic E-state index is 0.0492. The molecule has 8 rings (SSSR count). The first-order chi connectivity index (χ1) is 31.7. The number of hydrogen-bond donors (Lipinski definition) is 10. The lowest BCUT2D eigenvalue weighted by molar-refractivity contribution is 0.481. The molecule has 0 aliphatic heterocycles. The molecule has 0 unspecified atom stereocenters. The maximum Gasteiger partial charge on any atom is 0.295 e. The molecule has 0 spiro atoms. The molecule has 0 saturated carbocycles. The number of hydrogen-bond acceptors (Lipinski definition) is 18. The molecule has 2 heterocycles. The Labute approximate surface area is 392 Å². The van der Waals surface area contributed by atoms with Gasteiger partial charge in [0, 0.05) is 33.4 Å². The monoisotopic (exact) mass is 1020 g/mol. The molecule has 352 valence electrons. The summed E-state index contributed by atoms with van der Waals surface area (Å²) in [5.41, 5.74) is 26.5. The van der Waals surface area contributed by atoms with Crippen molar-refractivity contribution < 1.29 is 51.9 Å². The average Bonchev–Trinajstić information content (AvgIpc) is 3.61. The fraction of sp³-hybridized carbons (Fsp3) is 0.0238. The SMILES string of the molecule is Cc1c(N)c(Nc2ccc(S(=O)(=O)O)cc2)nc(Nc2ccc(S(=O)(=O)O)cc2)c1C#N.Nc1cc(S(=O)(=O)O)c2cccc(S(=O)(=O)O)c2c1.Nc1nc(-c2ccc3ccccc3c2)c(N)s1. The summed E-state index contributed by atoms with van der Waals surface area (Å²) in [6.45, 7) is 1.62. The van der Waals surface area contributed by atoms with Gasteiger partial charge in [0.15, 0.2) is 16.8 Å². The van der Waals surface area contributed by atoms with Crippen LogP contribution in [0.3, 0.4) is 0 Å². The van der Waals surface area contributed by atoms with Gasteiger partial charge in [0.25, 0.3) is 40.5 Å². The van der Waals surface area contributed by atoms with Gasteiger partial charge in [-0.2, -0.15) is 38.9 Å². The Morgan fingerprint density at radius 1 is 0.574 bits per heavy atom. The van der Waals surface area contributed by atoms with Crippen LogP contribution >= 0.6 is 11.3 Å². The van der Waals surface area contributed by atoms with E-state index in [9.17, 15) is 38.9 Å². The highest BCUT2D eigenvalue weighted by Crippen LogP contribution is 2.35. The van der Waals surface area contributed by atoms with E-state index in [1.54, 1.807) is 6.92 Å². The molecule has 0 saturated heterocycles. The van der Waals surface area contributed by atoms with Gasteiger partial charge in [-0.05, 0) is 96.1 Å². The molecular weight excluding hydrogens is 983 g/mol. The fourth-order valence-electron chi connectivity index (χ4n) is 6.41. The van der Waals surface area contributed by atoms with Gasteiger partial charge in [-0.25, -0.2) is 9.97 Å². The van der Waals surface area contributed by atoms with Crippen LogP contribution in [0.1, 0.15) is 11.1 Å².